The summed E-state index contributed by atoms with van der Waals surface area (Å²) in [5.41, 5.74) is 1.98. The van der Waals surface area contributed by atoms with E-state index < -0.39 is 5.97 Å². The second-order valence-corrected chi connectivity index (χ2v) is 5.65. The Morgan fingerprint density at radius 3 is 2.71 bits per heavy atom. The van der Waals surface area contributed by atoms with Gasteiger partial charge in [0.05, 0.1) is 0 Å². The Kier molecular flexibility index (Phi) is 5.16. The first-order valence-corrected chi connectivity index (χ1v) is 7.51. The Bertz CT molecular complexity index is 647. The van der Waals surface area contributed by atoms with Crippen LogP contribution in [0, 0.1) is 6.92 Å². The molecule has 5 nitrogen and oxygen atoms in total. The van der Waals surface area contributed by atoms with Crippen LogP contribution >= 0.6 is 11.8 Å². The van der Waals surface area contributed by atoms with Crippen LogP contribution in [0.1, 0.15) is 30.3 Å². The molecule has 1 heterocycles. The number of rotatable bonds is 6. The first-order valence-electron chi connectivity index (χ1n) is 6.69. The Morgan fingerprint density at radius 1 is 1.38 bits per heavy atom. The number of thioether (sulfide) groups is 1. The van der Waals surface area contributed by atoms with Gasteiger partial charge in [-0.2, -0.15) is 0 Å². The van der Waals surface area contributed by atoms with E-state index in [1.165, 1.54) is 0 Å². The summed E-state index contributed by atoms with van der Waals surface area (Å²) >= 11 is 1.05. The quantitative estimate of drug-likeness (QED) is 0.632. The third kappa shape index (κ3) is 4.46. The van der Waals surface area contributed by atoms with Crippen molar-refractivity contribution in [2.75, 3.05) is 0 Å². The first kappa shape index (κ1) is 15.3. The maximum atomic E-state index is 11.4. The molecule has 0 saturated carbocycles. The van der Waals surface area contributed by atoms with Gasteiger partial charge < -0.3 is 5.11 Å². The predicted molar refractivity (Wildman–Crippen MR) is 83.0 cm³/mol. The molecule has 2 rings (SSSR count). The second-order valence-electron chi connectivity index (χ2n) is 4.64. The molecule has 0 spiro atoms. The zero-order chi connectivity index (χ0) is 15.2. The van der Waals surface area contributed by atoms with E-state index in [-0.39, 0.29) is 4.91 Å². The van der Waals surface area contributed by atoms with Crippen molar-refractivity contribution in [3.8, 4) is 0 Å². The smallest absolute Gasteiger partial charge is 0.342 e. The third-order valence-corrected chi connectivity index (χ3v) is 3.66. The van der Waals surface area contributed by atoms with Gasteiger partial charge in [0.1, 0.15) is 10.7 Å². The second kappa shape index (κ2) is 7.08. The summed E-state index contributed by atoms with van der Waals surface area (Å²) in [7, 11) is 0. The molecule has 0 aliphatic rings. The summed E-state index contributed by atoms with van der Waals surface area (Å²) in [4.78, 5) is 15.8. The summed E-state index contributed by atoms with van der Waals surface area (Å²) in [6, 6.07) is 7.67. The van der Waals surface area contributed by atoms with Crippen LogP contribution in [-0.2, 0) is 11.2 Å². The largest absolute Gasteiger partial charge is 0.477 e. The van der Waals surface area contributed by atoms with Crippen molar-refractivity contribution >= 4 is 23.8 Å². The molecule has 1 aromatic carbocycles. The molecule has 0 radical (unpaired) electrons. The molecule has 6 heteroatoms. The summed E-state index contributed by atoms with van der Waals surface area (Å²) in [5.74, 6) is -0.206. The number of nitrogens with zero attached hydrogens (tertiary/aromatic N) is 2. The molecule has 0 bridgehead atoms. The van der Waals surface area contributed by atoms with Crippen molar-refractivity contribution in [1.29, 1.82) is 0 Å². The van der Waals surface area contributed by atoms with Gasteiger partial charge in [0, 0.05) is 6.42 Å². The monoisotopic (exact) mass is 303 g/mol. The molecule has 2 aromatic rings. The van der Waals surface area contributed by atoms with E-state index in [2.05, 4.69) is 22.1 Å². The molecule has 21 heavy (non-hydrogen) atoms. The number of aliphatic carboxylic acids is 1. The first-order chi connectivity index (χ1) is 10.1. The van der Waals surface area contributed by atoms with Crippen molar-refractivity contribution in [2.24, 2.45) is 0 Å². The van der Waals surface area contributed by atoms with Crippen LogP contribution in [0.15, 0.2) is 34.3 Å². The number of hydrogen-bond acceptors (Lipinski definition) is 4. The highest BCUT2D eigenvalue weighted by Crippen LogP contribution is 2.25. The highest BCUT2D eigenvalue weighted by atomic mass is 32.2. The van der Waals surface area contributed by atoms with Gasteiger partial charge in [-0.05, 0) is 36.7 Å². The Balaban J connectivity index is 2.18. The molecule has 0 saturated heterocycles. The number of carboxylic acid groups (broad SMARTS) is 1. The fraction of sp³-hybridized carbons (Fsp3) is 0.267. The standard InChI is InChI=1S/C15H17N3O2S/c1-3-4-13-16-15(18-17-13)21-12(14(19)20)9-11-7-5-10(2)6-8-11/h5-9H,3-4H2,1-2H3,(H,19,20)(H,16,17,18)/b12-9-. The van der Waals surface area contributed by atoms with Gasteiger partial charge in [-0.25, -0.2) is 9.78 Å². The minimum atomic E-state index is -0.984. The summed E-state index contributed by atoms with van der Waals surface area (Å²) in [6.45, 7) is 4.04. The lowest BCUT2D eigenvalue weighted by molar-refractivity contribution is -0.131. The van der Waals surface area contributed by atoms with E-state index in [1.54, 1.807) is 6.08 Å². The van der Waals surface area contributed by atoms with Crippen LogP contribution in [-0.4, -0.2) is 26.3 Å². The molecule has 2 N–H and O–H groups in total. The Labute approximate surface area is 127 Å². The van der Waals surface area contributed by atoms with E-state index in [4.69, 9.17) is 0 Å². The van der Waals surface area contributed by atoms with Gasteiger partial charge in [-0.15, -0.1) is 5.10 Å². The lowest BCUT2D eigenvalue weighted by Crippen LogP contribution is -1.97. The summed E-state index contributed by atoms with van der Waals surface area (Å²) in [5, 5.41) is 16.6. The topological polar surface area (TPSA) is 78.9 Å². The van der Waals surface area contributed by atoms with Crippen LogP contribution in [0.5, 0.6) is 0 Å². The lowest BCUT2D eigenvalue weighted by Gasteiger charge is -2.00. The summed E-state index contributed by atoms with van der Waals surface area (Å²) < 4.78 is 0. The van der Waals surface area contributed by atoms with Gasteiger partial charge in [-0.3, -0.25) is 5.10 Å². The minimum absolute atomic E-state index is 0.195. The van der Waals surface area contributed by atoms with Crippen LogP contribution in [0.3, 0.4) is 0 Å². The number of hydrogen-bond donors (Lipinski definition) is 2. The van der Waals surface area contributed by atoms with E-state index >= 15 is 0 Å². The Hall–Kier alpha value is -2.08. The molecule has 110 valence electrons. The molecule has 0 aliphatic carbocycles. The number of aromatic amines is 1. The van der Waals surface area contributed by atoms with Gasteiger partial charge in [-0.1, -0.05) is 36.8 Å². The molecule has 0 aliphatic heterocycles. The van der Waals surface area contributed by atoms with Crippen LogP contribution in [0.4, 0.5) is 0 Å². The van der Waals surface area contributed by atoms with E-state index in [0.717, 1.165) is 41.6 Å². The number of aromatic nitrogens is 3. The number of carbonyl (C=O) groups is 1. The normalized spacial score (nSPS) is 11.6. The fourth-order valence-electron chi connectivity index (χ4n) is 1.72. The van der Waals surface area contributed by atoms with Crippen LogP contribution in [0.25, 0.3) is 6.08 Å². The maximum Gasteiger partial charge on any atom is 0.342 e. The number of benzene rings is 1. The highest BCUT2D eigenvalue weighted by molar-refractivity contribution is 8.04. The summed E-state index contributed by atoms with van der Waals surface area (Å²) in [6.07, 6.45) is 3.39. The fourth-order valence-corrected chi connectivity index (χ4v) is 2.45. The van der Waals surface area contributed by atoms with Crippen molar-refractivity contribution in [2.45, 2.75) is 31.8 Å². The van der Waals surface area contributed by atoms with Gasteiger partial charge in [0.15, 0.2) is 0 Å². The van der Waals surface area contributed by atoms with E-state index in [1.807, 2.05) is 31.2 Å². The molecular formula is C15H17N3O2S. The molecule has 0 amide bonds. The number of carboxylic acids is 1. The minimum Gasteiger partial charge on any atom is -0.477 e. The number of H-pyrrole nitrogens is 1. The average Bonchev–Trinajstić information content (AvgIpc) is 2.88. The maximum absolute atomic E-state index is 11.4. The van der Waals surface area contributed by atoms with Crippen molar-refractivity contribution in [3.05, 3.63) is 46.1 Å². The number of aryl methyl sites for hydroxylation is 2. The van der Waals surface area contributed by atoms with Crippen LogP contribution < -0.4 is 0 Å². The van der Waals surface area contributed by atoms with Crippen LogP contribution in [0.2, 0.25) is 0 Å². The lowest BCUT2D eigenvalue weighted by atomic mass is 10.1. The third-order valence-electron chi connectivity index (χ3n) is 2.79. The predicted octanol–water partition coefficient (Wildman–Crippen LogP) is 3.28. The molecule has 0 atom stereocenters. The van der Waals surface area contributed by atoms with E-state index in [9.17, 15) is 9.90 Å². The average molecular weight is 303 g/mol. The Morgan fingerprint density at radius 2 is 2.10 bits per heavy atom. The van der Waals surface area contributed by atoms with Crippen molar-refractivity contribution < 1.29 is 9.90 Å². The van der Waals surface area contributed by atoms with Gasteiger partial charge in [0.2, 0.25) is 5.16 Å². The van der Waals surface area contributed by atoms with Crippen molar-refractivity contribution in [1.82, 2.24) is 15.2 Å². The SMILES string of the molecule is CCCc1nc(S/C(=C\c2ccc(C)cc2)C(=O)O)n[nH]1. The zero-order valence-corrected chi connectivity index (χ0v) is 12.8. The van der Waals surface area contributed by atoms with Crippen molar-refractivity contribution in [3.63, 3.8) is 0 Å². The molecule has 0 unspecified atom stereocenters. The number of nitrogens with one attached hydrogen (secondary N) is 1. The molecule has 1 aromatic heterocycles. The van der Waals surface area contributed by atoms with Gasteiger partial charge >= 0.3 is 5.97 Å². The molecule has 0 fully saturated rings. The zero-order valence-electron chi connectivity index (χ0n) is 12.0. The van der Waals surface area contributed by atoms with E-state index in [0.29, 0.717) is 5.16 Å². The highest BCUT2D eigenvalue weighted by Gasteiger charge is 2.13. The van der Waals surface area contributed by atoms with Gasteiger partial charge in [0.25, 0.3) is 0 Å². The molecular weight excluding hydrogens is 286 g/mol.